The summed E-state index contributed by atoms with van der Waals surface area (Å²) >= 11 is 0. The third-order valence-corrected chi connectivity index (χ3v) is 3.30. The molecule has 0 aliphatic carbocycles. The van der Waals surface area contributed by atoms with Gasteiger partial charge in [-0.3, -0.25) is 0 Å². The average molecular weight is 242 g/mol. The number of hydrogen-bond donors (Lipinski definition) is 0. The van der Waals surface area contributed by atoms with E-state index in [9.17, 15) is 0 Å². The summed E-state index contributed by atoms with van der Waals surface area (Å²) in [5, 5.41) is 0. The lowest BCUT2D eigenvalue weighted by atomic mass is 9.81. The van der Waals surface area contributed by atoms with Crippen LogP contribution < -0.4 is 0 Å². The fraction of sp³-hybridized carbons (Fsp3) is 1.00. The van der Waals surface area contributed by atoms with Crippen molar-refractivity contribution < 1.29 is 9.47 Å². The molecule has 102 valence electrons. The maximum absolute atomic E-state index is 5.65. The van der Waals surface area contributed by atoms with Gasteiger partial charge in [-0.1, -0.05) is 55.4 Å². The molecule has 0 aromatic carbocycles. The molecule has 2 rings (SSSR count). The van der Waals surface area contributed by atoms with Crippen LogP contribution in [0.4, 0.5) is 0 Å². The standard InChI is InChI=1S/C10H20O.C5H10O/c1-9(2,3)7-8(11-7)10(4,5)6;1-4(2)5-3-6-5/h7-8H,1-6H3;4-5H,3H2,1-2H3. The molecule has 0 aromatic heterocycles. The highest BCUT2D eigenvalue weighted by Crippen LogP contribution is 2.46. The highest BCUT2D eigenvalue weighted by atomic mass is 16.6. The first-order chi connectivity index (χ1) is 7.53. The molecule has 0 amide bonds. The minimum atomic E-state index is 0.317. The first kappa shape index (κ1) is 15.0. The number of ether oxygens (including phenoxy) is 2. The van der Waals surface area contributed by atoms with Crippen LogP contribution in [0.15, 0.2) is 0 Å². The Morgan fingerprint density at radius 2 is 1.24 bits per heavy atom. The maximum Gasteiger partial charge on any atom is 0.0895 e. The topological polar surface area (TPSA) is 25.1 Å². The molecule has 0 bridgehead atoms. The predicted molar refractivity (Wildman–Crippen MR) is 72.1 cm³/mol. The molecule has 2 fully saturated rings. The van der Waals surface area contributed by atoms with Gasteiger partial charge in [0, 0.05) is 0 Å². The van der Waals surface area contributed by atoms with E-state index in [1.165, 1.54) is 0 Å². The smallest absolute Gasteiger partial charge is 0.0895 e. The van der Waals surface area contributed by atoms with E-state index in [1.54, 1.807) is 0 Å². The van der Waals surface area contributed by atoms with E-state index in [0.29, 0.717) is 29.1 Å². The van der Waals surface area contributed by atoms with Gasteiger partial charge in [-0.2, -0.15) is 0 Å². The molecule has 0 saturated carbocycles. The lowest BCUT2D eigenvalue weighted by Crippen LogP contribution is -2.23. The minimum Gasteiger partial charge on any atom is -0.373 e. The summed E-state index contributed by atoms with van der Waals surface area (Å²) in [5.41, 5.74) is 0.635. The van der Waals surface area contributed by atoms with Crippen LogP contribution in [0.5, 0.6) is 0 Å². The van der Waals surface area contributed by atoms with Crippen LogP contribution in [0.3, 0.4) is 0 Å². The number of epoxide rings is 2. The van der Waals surface area contributed by atoms with Crippen LogP contribution in [0.25, 0.3) is 0 Å². The highest BCUT2D eigenvalue weighted by molar-refractivity contribution is 4.99. The Morgan fingerprint density at radius 3 is 1.29 bits per heavy atom. The van der Waals surface area contributed by atoms with Crippen LogP contribution in [0.2, 0.25) is 0 Å². The fourth-order valence-electron chi connectivity index (χ4n) is 1.87. The van der Waals surface area contributed by atoms with Crippen LogP contribution in [-0.4, -0.2) is 24.9 Å². The maximum atomic E-state index is 5.65. The van der Waals surface area contributed by atoms with Gasteiger partial charge < -0.3 is 9.47 Å². The molecular formula is C15H30O2. The van der Waals surface area contributed by atoms with Crippen molar-refractivity contribution in [3.05, 3.63) is 0 Å². The summed E-state index contributed by atoms with van der Waals surface area (Å²) in [6.45, 7) is 18.8. The van der Waals surface area contributed by atoms with Crippen molar-refractivity contribution in [2.45, 2.75) is 73.7 Å². The second-order valence-electron chi connectivity index (χ2n) is 7.83. The minimum absolute atomic E-state index is 0.317. The van der Waals surface area contributed by atoms with Crippen molar-refractivity contribution in [2.24, 2.45) is 16.7 Å². The Labute approximate surface area is 107 Å². The molecule has 2 aliphatic rings. The quantitative estimate of drug-likeness (QED) is 0.652. The first-order valence-corrected chi connectivity index (χ1v) is 6.80. The molecule has 3 unspecified atom stereocenters. The zero-order chi connectivity index (χ0) is 13.4. The van der Waals surface area contributed by atoms with Gasteiger partial charge in [0.2, 0.25) is 0 Å². The zero-order valence-corrected chi connectivity index (χ0v) is 12.8. The van der Waals surface area contributed by atoms with Crippen molar-refractivity contribution in [3.63, 3.8) is 0 Å². The van der Waals surface area contributed by atoms with Crippen LogP contribution in [0.1, 0.15) is 55.4 Å². The Balaban J connectivity index is 0.000000202. The van der Waals surface area contributed by atoms with Crippen molar-refractivity contribution in [1.29, 1.82) is 0 Å². The monoisotopic (exact) mass is 242 g/mol. The number of hydrogen-bond acceptors (Lipinski definition) is 2. The third kappa shape index (κ3) is 4.97. The molecule has 17 heavy (non-hydrogen) atoms. The SMILES string of the molecule is CC(C)(C)C1OC1C(C)(C)C.CC(C)C1CO1. The van der Waals surface area contributed by atoms with Gasteiger partial charge in [-0.25, -0.2) is 0 Å². The van der Waals surface area contributed by atoms with E-state index in [4.69, 9.17) is 9.47 Å². The van der Waals surface area contributed by atoms with E-state index in [2.05, 4.69) is 55.4 Å². The summed E-state index contributed by atoms with van der Waals surface area (Å²) in [6.07, 6.45) is 1.55. The lowest BCUT2D eigenvalue weighted by molar-refractivity contribution is 0.236. The molecule has 2 saturated heterocycles. The zero-order valence-electron chi connectivity index (χ0n) is 12.8. The summed E-state index contributed by atoms with van der Waals surface area (Å²) in [7, 11) is 0. The van der Waals surface area contributed by atoms with E-state index < -0.39 is 0 Å². The Kier molecular flexibility index (Phi) is 4.31. The Morgan fingerprint density at radius 1 is 0.882 bits per heavy atom. The Hall–Kier alpha value is -0.0800. The Bertz CT molecular complexity index is 223. The summed E-state index contributed by atoms with van der Waals surface area (Å²) in [6, 6.07) is 0. The van der Waals surface area contributed by atoms with Crippen molar-refractivity contribution in [1.82, 2.24) is 0 Å². The van der Waals surface area contributed by atoms with E-state index in [-0.39, 0.29) is 0 Å². The fourth-order valence-corrected chi connectivity index (χ4v) is 1.87. The van der Waals surface area contributed by atoms with Gasteiger partial charge in [0.15, 0.2) is 0 Å². The molecule has 2 nitrogen and oxygen atoms in total. The molecule has 2 heterocycles. The lowest BCUT2D eigenvalue weighted by Gasteiger charge is -2.19. The van der Waals surface area contributed by atoms with E-state index in [1.807, 2.05) is 0 Å². The van der Waals surface area contributed by atoms with Crippen molar-refractivity contribution in [2.75, 3.05) is 6.61 Å². The van der Waals surface area contributed by atoms with E-state index >= 15 is 0 Å². The number of rotatable bonds is 1. The predicted octanol–water partition coefficient (Wildman–Crippen LogP) is 3.89. The largest absolute Gasteiger partial charge is 0.373 e. The third-order valence-electron chi connectivity index (χ3n) is 3.30. The van der Waals surface area contributed by atoms with Gasteiger partial charge in [0.05, 0.1) is 24.9 Å². The van der Waals surface area contributed by atoms with Gasteiger partial charge >= 0.3 is 0 Å². The van der Waals surface area contributed by atoms with Gasteiger partial charge in [0.1, 0.15) is 0 Å². The van der Waals surface area contributed by atoms with Crippen LogP contribution in [-0.2, 0) is 9.47 Å². The van der Waals surface area contributed by atoms with Crippen molar-refractivity contribution in [3.8, 4) is 0 Å². The normalized spacial score (nSPS) is 31.9. The second kappa shape index (κ2) is 4.89. The molecule has 0 radical (unpaired) electrons. The molecule has 2 heteroatoms. The molecular weight excluding hydrogens is 212 g/mol. The molecule has 3 atom stereocenters. The van der Waals surface area contributed by atoms with E-state index in [0.717, 1.165) is 12.5 Å². The average Bonchev–Trinajstić information content (AvgIpc) is 2.97. The van der Waals surface area contributed by atoms with Crippen LogP contribution in [0, 0.1) is 16.7 Å². The van der Waals surface area contributed by atoms with Crippen molar-refractivity contribution >= 4 is 0 Å². The summed E-state index contributed by atoms with van der Waals surface area (Å²) in [5.74, 6) is 0.741. The second-order valence-corrected chi connectivity index (χ2v) is 7.83. The van der Waals surface area contributed by atoms with Crippen LogP contribution >= 0.6 is 0 Å². The highest BCUT2D eigenvalue weighted by Gasteiger charge is 2.52. The first-order valence-electron chi connectivity index (χ1n) is 6.80. The summed E-state index contributed by atoms with van der Waals surface area (Å²) < 4.78 is 10.6. The van der Waals surface area contributed by atoms with Gasteiger partial charge in [-0.05, 0) is 16.7 Å². The molecule has 0 aromatic rings. The molecule has 0 spiro atoms. The van der Waals surface area contributed by atoms with Gasteiger partial charge in [-0.15, -0.1) is 0 Å². The summed E-state index contributed by atoms with van der Waals surface area (Å²) in [4.78, 5) is 0. The molecule has 2 aliphatic heterocycles. The van der Waals surface area contributed by atoms with Gasteiger partial charge in [0.25, 0.3) is 0 Å². The molecule has 0 N–H and O–H groups in total.